The number of methoxy groups -OCH3 is 1. The second-order valence-corrected chi connectivity index (χ2v) is 16.0. The van der Waals surface area contributed by atoms with Crippen molar-refractivity contribution in [1.82, 2.24) is 15.1 Å². The van der Waals surface area contributed by atoms with Gasteiger partial charge in [-0.15, -0.1) is 0 Å². The summed E-state index contributed by atoms with van der Waals surface area (Å²) < 4.78 is 40.9. The number of carbonyl (C=O) groups excluding carboxylic acids is 2. The number of urea groups is 1. The van der Waals surface area contributed by atoms with Gasteiger partial charge in [-0.25, -0.2) is 18.3 Å². The SMILES string of the molecule is CCC(CC(=O)OC)(NC(=O)Nc1c(F)cc(I)cc1F)c1cnn(COCC[Si](C)(C)C)c1. The highest BCUT2D eigenvalue weighted by Gasteiger charge is 2.37. The Hall–Kier alpha value is -2.06. The van der Waals surface area contributed by atoms with E-state index in [0.29, 0.717) is 15.7 Å². The summed E-state index contributed by atoms with van der Waals surface area (Å²) in [4.78, 5) is 25.0. The normalized spacial score (nSPS) is 13.3. The molecule has 0 spiro atoms. The minimum atomic E-state index is -1.22. The number of benzene rings is 1. The topological polar surface area (TPSA) is 94.5 Å². The van der Waals surface area contributed by atoms with Crippen LogP contribution >= 0.6 is 22.6 Å². The summed E-state index contributed by atoms with van der Waals surface area (Å²) in [5, 5.41) is 9.21. The van der Waals surface area contributed by atoms with Crippen LogP contribution in [0, 0.1) is 15.2 Å². The van der Waals surface area contributed by atoms with Gasteiger partial charge in [-0.2, -0.15) is 5.10 Å². The Morgan fingerprint density at radius 3 is 2.44 bits per heavy atom. The zero-order valence-corrected chi connectivity index (χ0v) is 23.2. The maximum atomic E-state index is 14.2. The van der Waals surface area contributed by atoms with Crippen molar-refractivity contribution in [2.45, 2.75) is 57.7 Å². The molecule has 0 fully saturated rings. The van der Waals surface area contributed by atoms with Crippen LogP contribution in [0.4, 0.5) is 19.3 Å². The van der Waals surface area contributed by atoms with Crippen LogP contribution in [-0.2, 0) is 26.5 Å². The number of ether oxygens (including phenoxy) is 2. The molecule has 12 heteroatoms. The monoisotopic (exact) mass is 608 g/mol. The molecule has 188 valence electrons. The number of nitrogens with zero attached hydrogens (tertiary/aromatic N) is 2. The molecule has 1 aromatic heterocycles. The molecule has 0 saturated heterocycles. The average Bonchev–Trinajstić information content (AvgIpc) is 3.22. The Kier molecular flexibility index (Phi) is 10.00. The van der Waals surface area contributed by atoms with E-state index in [9.17, 15) is 18.4 Å². The van der Waals surface area contributed by atoms with Crippen molar-refractivity contribution in [2.75, 3.05) is 19.0 Å². The van der Waals surface area contributed by atoms with Crippen LogP contribution in [0.25, 0.3) is 0 Å². The van der Waals surface area contributed by atoms with Crippen LogP contribution in [0.2, 0.25) is 25.7 Å². The largest absolute Gasteiger partial charge is 0.469 e. The summed E-state index contributed by atoms with van der Waals surface area (Å²) in [6.45, 7) is 9.38. The molecule has 34 heavy (non-hydrogen) atoms. The molecule has 2 rings (SSSR count). The Morgan fingerprint density at radius 1 is 1.24 bits per heavy atom. The second kappa shape index (κ2) is 12.1. The van der Waals surface area contributed by atoms with E-state index in [2.05, 4.69) is 35.4 Å². The fraction of sp³-hybridized carbons (Fsp3) is 0.500. The van der Waals surface area contributed by atoms with Crippen molar-refractivity contribution in [2.24, 2.45) is 0 Å². The van der Waals surface area contributed by atoms with E-state index in [0.717, 1.165) is 18.2 Å². The molecule has 0 aliphatic heterocycles. The predicted molar refractivity (Wildman–Crippen MR) is 136 cm³/mol. The van der Waals surface area contributed by atoms with Gasteiger partial charge in [0.2, 0.25) is 0 Å². The number of rotatable bonds is 11. The van der Waals surface area contributed by atoms with E-state index in [4.69, 9.17) is 9.47 Å². The van der Waals surface area contributed by atoms with Crippen molar-refractivity contribution < 1.29 is 27.8 Å². The first kappa shape index (κ1) is 28.2. The lowest BCUT2D eigenvalue weighted by Gasteiger charge is -2.32. The molecule has 0 aliphatic carbocycles. The van der Waals surface area contributed by atoms with Gasteiger partial charge in [-0.1, -0.05) is 26.6 Å². The number of halogens is 3. The standard InChI is InChI=1S/C22H31F2IN4O4Si/c1-6-22(11-19(30)32-2,15-12-26-29(13-15)14-33-7-8-34(3,4)5)28-21(31)27-20-17(23)9-16(25)10-18(20)24/h9-10,12-13H,6-8,11,14H2,1-5H3,(H2,27,28,31). The molecule has 2 amide bonds. The van der Waals surface area contributed by atoms with Gasteiger partial charge in [0.15, 0.2) is 11.6 Å². The highest BCUT2D eigenvalue weighted by molar-refractivity contribution is 14.1. The smallest absolute Gasteiger partial charge is 0.320 e. The van der Waals surface area contributed by atoms with Crippen LogP contribution in [-0.4, -0.2) is 43.6 Å². The number of amides is 2. The Bertz CT molecular complexity index is 992. The first-order valence-corrected chi connectivity index (χ1v) is 15.6. The molecule has 2 N–H and O–H groups in total. The highest BCUT2D eigenvalue weighted by atomic mass is 127. The maximum Gasteiger partial charge on any atom is 0.320 e. The molecule has 1 atom stereocenters. The lowest BCUT2D eigenvalue weighted by molar-refractivity contribution is -0.142. The zero-order valence-electron chi connectivity index (χ0n) is 20.0. The van der Waals surface area contributed by atoms with Gasteiger partial charge in [0.25, 0.3) is 0 Å². The molecule has 0 saturated carbocycles. The minimum absolute atomic E-state index is 0.201. The third kappa shape index (κ3) is 8.01. The van der Waals surface area contributed by atoms with E-state index >= 15 is 0 Å². The van der Waals surface area contributed by atoms with Gasteiger partial charge in [0, 0.05) is 30.0 Å². The number of anilines is 1. The Balaban J connectivity index is 2.22. The molecule has 0 aliphatic rings. The van der Waals surface area contributed by atoms with Crippen LogP contribution in [0.3, 0.4) is 0 Å². The average molecular weight is 608 g/mol. The molecule has 1 aromatic carbocycles. The van der Waals surface area contributed by atoms with E-state index in [-0.39, 0.29) is 19.6 Å². The van der Waals surface area contributed by atoms with Gasteiger partial charge >= 0.3 is 12.0 Å². The Morgan fingerprint density at radius 2 is 1.88 bits per heavy atom. The molecular formula is C22H31F2IN4O4Si. The summed E-state index contributed by atoms with van der Waals surface area (Å²) in [7, 11) is 0.0201. The number of hydrogen-bond donors (Lipinski definition) is 2. The van der Waals surface area contributed by atoms with Gasteiger partial charge in [0.1, 0.15) is 12.4 Å². The van der Waals surface area contributed by atoms with Crippen LogP contribution < -0.4 is 10.6 Å². The summed E-state index contributed by atoms with van der Waals surface area (Å²) in [5.41, 5.74) is -1.26. The quantitative estimate of drug-likeness (QED) is 0.161. The second-order valence-electron chi connectivity index (χ2n) is 9.13. The van der Waals surface area contributed by atoms with Crippen molar-refractivity contribution in [3.8, 4) is 0 Å². The van der Waals surface area contributed by atoms with E-state index in [1.54, 1.807) is 40.4 Å². The number of hydrogen-bond acceptors (Lipinski definition) is 5. The van der Waals surface area contributed by atoms with Gasteiger partial charge < -0.3 is 20.1 Å². The third-order valence-electron chi connectivity index (χ3n) is 5.28. The molecule has 8 nitrogen and oxygen atoms in total. The number of nitrogens with one attached hydrogen (secondary N) is 2. The van der Waals surface area contributed by atoms with Gasteiger partial charge in [-0.3, -0.25) is 4.79 Å². The molecule has 2 aromatic rings. The van der Waals surface area contributed by atoms with Gasteiger partial charge in [-0.05, 0) is 47.2 Å². The van der Waals surface area contributed by atoms with Gasteiger partial charge in [0.05, 0.1) is 25.3 Å². The molecule has 1 unspecified atom stereocenters. The van der Waals surface area contributed by atoms with Crippen molar-refractivity contribution in [1.29, 1.82) is 0 Å². The summed E-state index contributed by atoms with van der Waals surface area (Å²) in [6.07, 6.45) is 3.29. The first-order valence-electron chi connectivity index (χ1n) is 10.8. The fourth-order valence-corrected chi connectivity index (χ4v) is 4.50. The summed E-state index contributed by atoms with van der Waals surface area (Å²) >= 11 is 1.78. The lowest BCUT2D eigenvalue weighted by Crippen LogP contribution is -2.48. The van der Waals surface area contributed by atoms with E-state index in [1.807, 2.05) is 0 Å². The van der Waals surface area contributed by atoms with E-state index in [1.165, 1.54) is 13.3 Å². The Labute approximate surface area is 212 Å². The highest BCUT2D eigenvalue weighted by Crippen LogP contribution is 2.30. The fourth-order valence-electron chi connectivity index (χ4n) is 3.20. The molecular weight excluding hydrogens is 577 g/mol. The summed E-state index contributed by atoms with van der Waals surface area (Å²) in [6, 6.07) is 2.35. The maximum absolute atomic E-state index is 14.2. The lowest BCUT2D eigenvalue weighted by atomic mass is 9.86. The van der Waals surface area contributed by atoms with Crippen LogP contribution in [0.15, 0.2) is 24.5 Å². The van der Waals surface area contributed by atoms with Crippen molar-refractivity contribution >= 4 is 48.4 Å². The van der Waals surface area contributed by atoms with Crippen molar-refractivity contribution in [3.05, 3.63) is 45.3 Å². The zero-order chi connectivity index (χ0) is 25.5. The number of esters is 1. The third-order valence-corrected chi connectivity index (χ3v) is 7.61. The number of aromatic nitrogens is 2. The van der Waals surface area contributed by atoms with E-state index < -0.39 is 42.9 Å². The molecule has 1 heterocycles. The first-order chi connectivity index (χ1) is 15.9. The van der Waals surface area contributed by atoms with Crippen LogP contribution in [0.5, 0.6) is 0 Å². The molecule has 0 bridgehead atoms. The van der Waals surface area contributed by atoms with Crippen molar-refractivity contribution in [3.63, 3.8) is 0 Å². The number of carbonyl (C=O) groups is 2. The predicted octanol–water partition coefficient (Wildman–Crippen LogP) is 5.07. The molecule has 0 radical (unpaired) electrons. The summed E-state index contributed by atoms with van der Waals surface area (Å²) in [5.74, 6) is -2.37. The van der Waals surface area contributed by atoms with Crippen LogP contribution in [0.1, 0.15) is 25.3 Å². The minimum Gasteiger partial charge on any atom is -0.469 e.